The summed E-state index contributed by atoms with van der Waals surface area (Å²) in [5, 5.41) is 0. The van der Waals surface area contributed by atoms with Gasteiger partial charge in [-0.15, -0.1) is 11.8 Å². The molecule has 1 aliphatic heterocycles. The first kappa shape index (κ1) is 16.0. The standard InChI is InChI=1S/C15H18FNO3S/c1-2-20-15(19)13-9-21-10-17(13)8-7-14(18)11-3-5-12(16)6-4-11/h3-6,13H,2,7-10H2,1H3. The summed E-state index contributed by atoms with van der Waals surface area (Å²) < 4.78 is 17.9. The number of esters is 1. The van der Waals surface area contributed by atoms with Crippen molar-refractivity contribution in [1.29, 1.82) is 0 Å². The number of halogens is 1. The van der Waals surface area contributed by atoms with Gasteiger partial charge in [0.05, 0.1) is 6.61 Å². The Bertz CT molecular complexity index is 506. The van der Waals surface area contributed by atoms with Crippen LogP contribution in [0.2, 0.25) is 0 Å². The Labute approximate surface area is 127 Å². The molecule has 1 atom stereocenters. The molecule has 1 unspecified atom stereocenters. The number of hydrogen-bond acceptors (Lipinski definition) is 5. The van der Waals surface area contributed by atoms with E-state index in [2.05, 4.69) is 0 Å². The molecular formula is C15H18FNO3S. The molecule has 1 aromatic carbocycles. The van der Waals surface area contributed by atoms with Crippen LogP contribution in [0.1, 0.15) is 23.7 Å². The zero-order valence-electron chi connectivity index (χ0n) is 11.9. The van der Waals surface area contributed by atoms with Crippen LogP contribution in [-0.2, 0) is 9.53 Å². The molecule has 0 saturated carbocycles. The van der Waals surface area contributed by atoms with Crippen molar-refractivity contribution in [3.63, 3.8) is 0 Å². The van der Waals surface area contributed by atoms with Crippen molar-refractivity contribution in [2.24, 2.45) is 0 Å². The predicted molar refractivity (Wildman–Crippen MR) is 79.8 cm³/mol. The summed E-state index contributed by atoms with van der Waals surface area (Å²) in [5.41, 5.74) is 0.496. The quantitative estimate of drug-likeness (QED) is 0.596. The Morgan fingerprint density at radius 1 is 1.38 bits per heavy atom. The van der Waals surface area contributed by atoms with E-state index in [0.29, 0.717) is 30.9 Å². The molecule has 0 amide bonds. The first-order valence-electron chi connectivity index (χ1n) is 6.89. The van der Waals surface area contributed by atoms with Gasteiger partial charge in [0.2, 0.25) is 0 Å². The Morgan fingerprint density at radius 3 is 2.76 bits per heavy atom. The second-order valence-electron chi connectivity index (χ2n) is 4.76. The maximum Gasteiger partial charge on any atom is 0.324 e. The Kier molecular flexibility index (Phi) is 5.76. The number of thioether (sulfide) groups is 1. The highest BCUT2D eigenvalue weighted by molar-refractivity contribution is 7.99. The summed E-state index contributed by atoms with van der Waals surface area (Å²) in [6.45, 7) is 2.65. The summed E-state index contributed by atoms with van der Waals surface area (Å²) in [4.78, 5) is 25.8. The van der Waals surface area contributed by atoms with E-state index in [4.69, 9.17) is 4.74 Å². The number of benzene rings is 1. The van der Waals surface area contributed by atoms with Crippen molar-refractivity contribution in [2.45, 2.75) is 19.4 Å². The lowest BCUT2D eigenvalue weighted by Gasteiger charge is -2.21. The number of Topliss-reactive ketones (excluding diaryl/α,β-unsaturated/α-hetero) is 1. The number of ether oxygens (including phenoxy) is 1. The molecular weight excluding hydrogens is 293 g/mol. The van der Waals surface area contributed by atoms with E-state index in [9.17, 15) is 14.0 Å². The molecule has 1 heterocycles. The number of carbonyl (C=O) groups excluding carboxylic acids is 2. The van der Waals surface area contributed by atoms with Crippen molar-refractivity contribution in [3.05, 3.63) is 35.6 Å². The highest BCUT2D eigenvalue weighted by Crippen LogP contribution is 2.22. The van der Waals surface area contributed by atoms with Crippen molar-refractivity contribution in [3.8, 4) is 0 Å². The first-order chi connectivity index (χ1) is 10.1. The van der Waals surface area contributed by atoms with Crippen molar-refractivity contribution < 1.29 is 18.7 Å². The summed E-state index contributed by atoms with van der Waals surface area (Å²) in [5.74, 6) is 0.792. The summed E-state index contributed by atoms with van der Waals surface area (Å²) >= 11 is 1.66. The minimum atomic E-state index is -0.357. The second-order valence-corrected chi connectivity index (χ2v) is 5.76. The van der Waals surface area contributed by atoms with E-state index in [1.807, 2.05) is 4.90 Å². The van der Waals surface area contributed by atoms with Crippen molar-refractivity contribution in [1.82, 2.24) is 4.90 Å². The lowest BCUT2D eigenvalue weighted by Crippen LogP contribution is -2.40. The zero-order chi connectivity index (χ0) is 15.2. The molecule has 0 spiro atoms. The average Bonchev–Trinajstić information content (AvgIpc) is 2.94. The SMILES string of the molecule is CCOC(=O)C1CSCN1CCC(=O)c1ccc(F)cc1. The maximum absolute atomic E-state index is 12.8. The maximum atomic E-state index is 12.8. The van der Waals surface area contributed by atoms with E-state index >= 15 is 0 Å². The van der Waals surface area contributed by atoms with Crippen LogP contribution in [0.4, 0.5) is 4.39 Å². The summed E-state index contributed by atoms with van der Waals surface area (Å²) in [6, 6.07) is 5.26. The molecule has 2 rings (SSSR count). The normalized spacial score (nSPS) is 18.7. The van der Waals surface area contributed by atoms with E-state index in [0.717, 1.165) is 5.88 Å². The number of hydrogen-bond donors (Lipinski definition) is 0. The van der Waals surface area contributed by atoms with Gasteiger partial charge in [-0.1, -0.05) is 0 Å². The molecule has 6 heteroatoms. The van der Waals surface area contributed by atoms with Crippen molar-refractivity contribution >= 4 is 23.5 Å². The number of nitrogens with zero attached hydrogens (tertiary/aromatic N) is 1. The van der Waals surface area contributed by atoms with Crippen LogP contribution in [0, 0.1) is 5.82 Å². The van der Waals surface area contributed by atoms with E-state index in [-0.39, 0.29) is 23.6 Å². The number of ketones is 1. The fourth-order valence-corrected chi connectivity index (χ4v) is 3.40. The third-order valence-electron chi connectivity index (χ3n) is 3.32. The van der Waals surface area contributed by atoms with Crippen LogP contribution < -0.4 is 0 Å². The molecule has 1 aromatic rings. The van der Waals surface area contributed by atoms with Crippen molar-refractivity contribution in [2.75, 3.05) is 24.8 Å². The summed E-state index contributed by atoms with van der Waals surface area (Å²) in [7, 11) is 0. The van der Waals surface area contributed by atoms with E-state index < -0.39 is 0 Å². The fourth-order valence-electron chi connectivity index (χ4n) is 2.18. The number of carbonyl (C=O) groups is 2. The van der Waals surface area contributed by atoms with Crippen LogP contribution in [0.25, 0.3) is 0 Å². The molecule has 1 aliphatic rings. The first-order valence-corrected chi connectivity index (χ1v) is 8.04. The van der Waals surface area contributed by atoms with Crippen LogP contribution in [0.3, 0.4) is 0 Å². The highest BCUT2D eigenvalue weighted by Gasteiger charge is 2.32. The lowest BCUT2D eigenvalue weighted by molar-refractivity contribution is -0.147. The summed E-state index contributed by atoms with van der Waals surface area (Å²) in [6.07, 6.45) is 0.308. The third-order valence-corrected chi connectivity index (χ3v) is 4.39. The van der Waals surface area contributed by atoms with Gasteiger partial charge in [0, 0.05) is 30.2 Å². The second kappa shape index (κ2) is 7.56. The Hall–Kier alpha value is -1.40. The largest absolute Gasteiger partial charge is 0.465 e. The molecule has 1 fully saturated rings. The van der Waals surface area contributed by atoms with Gasteiger partial charge in [-0.05, 0) is 31.2 Å². The smallest absolute Gasteiger partial charge is 0.324 e. The topological polar surface area (TPSA) is 46.6 Å². The molecule has 0 radical (unpaired) electrons. The van der Waals surface area contributed by atoms with Gasteiger partial charge in [-0.2, -0.15) is 0 Å². The molecule has 0 N–H and O–H groups in total. The van der Waals surface area contributed by atoms with Gasteiger partial charge < -0.3 is 4.74 Å². The predicted octanol–water partition coefficient (Wildman–Crippen LogP) is 2.34. The van der Waals surface area contributed by atoms with Gasteiger partial charge in [0.25, 0.3) is 0 Å². The van der Waals surface area contributed by atoms with Gasteiger partial charge in [0.15, 0.2) is 5.78 Å². The molecule has 21 heavy (non-hydrogen) atoms. The Balaban J connectivity index is 1.88. The lowest BCUT2D eigenvalue weighted by atomic mass is 10.1. The van der Waals surface area contributed by atoms with Gasteiger partial charge in [-0.25, -0.2) is 4.39 Å². The van der Waals surface area contributed by atoms with Gasteiger partial charge in [0.1, 0.15) is 11.9 Å². The molecule has 0 aliphatic carbocycles. The van der Waals surface area contributed by atoms with Crippen LogP contribution in [-0.4, -0.2) is 47.5 Å². The van der Waals surface area contributed by atoms with E-state index in [1.165, 1.54) is 24.3 Å². The van der Waals surface area contributed by atoms with Crippen LogP contribution >= 0.6 is 11.8 Å². The molecule has 114 valence electrons. The molecule has 0 bridgehead atoms. The molecule has 0 aromatic heterocycles. The minimum Gasteiger partial charge on any atom is -0.465 e. The average molecular weight is 311 g/mol. The minimum absolute atomic E-state index is 0.0468. The van der Waals surface area contributed by atoms with Crippen LogP contribution in [0.15, 0.2) is 24.3 Å². The highest BCUT2D eigenvalue weighted by atomic mass is 32.2. The third kappa shape index (κ3) is 4.28. The Morgan fingerprint density at radius 2 is 2.10 bits per heavy atom. The molecule has 1 saturated heterocycles. The van der Waals surface area contributed by atoms with Gasteiger partial charge >= 0.3 is 5.97 Å². The van der Waals surface area contributed by atoms with Gasteiger partial charge in [-0.3, -0.25) is 14.5 Å². The van der Waals surface area contributed by atoms with Crippen LogP contribution in [0.5, 0.6) is 0 Å². The number of rotatable bonds is 6. The zero-order valence-corrected chi connectivity index (χ0v) is 12.7. The molecule has 4 nitrogen and oxygen atoms in total. The fraction of sp³-hybridized carbons (Fsp3) is 0.467. The monoisotopic (exact) mass is 311 g/mol. The van der Waals surface area contributed by atoms with E-state index in [1.54, 1.807) is 18.7 Å².